The predicted octanol–water partition coefficient (Wildman–Crippen LogP) is 0.698. The highest BCUT2D eigenvalue weighted by Crippen LogP contribution is 2.19. The molecule has 0 spiro atoms. The van der Waals surface area contributed by atoms with E-state index in [2.05, 4.69) is 15.5 Å². The van der Waals surface area contributed by atoms with Crippen LogP contribution in [0.3, 0.4) is 0 Å². The fraction of sp³-hybridized carbons (Fsp3) is 0.308. The number of ether oxygens (including phenoxy) is 1. The predicted molar refractivity (Wildman–Crippen MR) is 72.1 cm³/mol. The van der Waals surface area contributed by atoms with Crippen molar-refractivity contribution >= 4 is 11.6 Å². The molecule has 0 aliphatic heterocycles. The van der Waals surface area contributed by atoms with Crippen LogP contribution in [-0.4, -0.2) is 29.2 Å². The van der Waals surface area contributed by atoms with Crippen molar-refractivity contribution in [2.24, 2.45) is 0 Å². The van der Waals surface area contributed by atoms with Crippen LogP contribution in [0.4, 0.5) is 5.69 Å². The number of hydrogen-bond donors (Lipinski definition) is 2. The first-order valence-electron chi connectivity index (χ1n) is 6.18. The van der Waals surface area contributed by atoms with E-state index >= 15 is 0 Å². The zero-order valence-corrected chi connectivity index (χ0v) is 11.1. The number of anilines is 1. The maximum atomic E-state index is 11.6. The smallest absolute Gasteiger partial charge is 0.257 e. The van der Waals surface area contributed by atoms with E-state index in [1.165, 1.54) is 0 Å². The molecule has 0 aliphatic rings. The summed E-state index contributed by atoms with van der Waals surface area (Å²) in [6.07, 6.45) is 0.486. The first-order chi connectivity index (χ1) is 9.65. The average molecular weight is 276 g/mol. The Balaban J connectivity index is 1.69. The van der Waals surface area contributed by atoms with Crippen molar-refractivity contribution in [1.29, 1.82) is 0 Å². The monoisotopic (exact) mass is 276 g/mol. The fourth-order valence-corrected chi connectivity index (χ4v) is 1.56. The number of benzene rings is 1. The number of nitrogen functional groups attached to an aromatic ring is 1. The van der Waals surface area contributed by atoms with Gasteiger partial charge in [0.05, 0.1) is 5.69 Å². The van der Waals surface area contributed by atoms with Crippen LogP contribution in [0.2, 0.25) is 0 Å². The van der Waals surface area contributed by atoms with Crippen molar-refractivity contribution in [2.45, 2.75) is 13.3 Å². The molecule has 0 saturated heterocycles. The number of hydrogen-bond acceptors (Lipinski definition) is 6. The van der Waals surface area contributed by atoms with Crippen molar-refractivity contribution in [3.63, 3.8) is 0 Å². The summed E-state index contributed by atoms with van der Waals surface area (Å²) >= 11 is 0. The Hall–Kier alpha value is -2.57. The number of amides is 1. The second-order valence-electron chi connectivity index (χ2n) is 4.16. The summed E-state index contributed by atoms with van der Waals surface area (Å²) in [5.41, 5.74) is 6.20. The molecule has 106 valence electrons. The Morgan fingerprint density at radius 3 is 2.95 bits per heavy atom. The summed E-state index contributed by atoms with van der Waals surface area (Å²) in [6, 6.07) is 7.02. The summed E-state index contributed by atoms with van der Waals surface area (Å²) in [7, 11) is 0. The van der Waals surface area contributed by atoms with E-state index in [9.17, 15) is 4.79 Å². The number of para-hydroxylation sites is 2. The molecule has 7 heteroatoms. The average Bonchev–Trinajstić information content (AvgIpc) is 2.83. The van der Waals surface area contributed by atoms with Gasteiger partial charge in [-0.1, -0.05) is 17.3 Å². The number of carbonyl (C=O) groups is 1. The van der Waals surface area contributed by atoms with Crippen molar-refractivity contribution in [3.8, 4) is 5.75 Å². The minimum atomic E-state index is -0.232. The van der Waals surface area contributed by atoms with Gasteiger partial charge in [0, 0.05) is 13.0 Å². The van der Waals surface area contributed by atoms with E-state index in [1.54, 1.807) is 31.2 Å². The molecule has 20 heavy (non-hydrogen) atoms. The number of aryl methyl sites for hydroxylation is 1. The van der Waals surface area contributed by atoms with E-state index < -0.39 is 0 Å². The number of nitrogens with zero attached hydrogens (tertiary/aromatic N) is 2. The van der Waals surface area contributed by atoms with Crippen molar-refractivity contribution in [3.05, 3.63) is 36.0 Å². The van der Waals surface area contributed by atoms with Crippen LogP contribution in [0.25, 0.3) is 0 Å². The number of rotatable bonds is 6. The van der Waals surface area contributed by atoms with Crippen LogP contribution in [-0.2, 0) is 11.2 Å². The van der Waals surface area contributed by atoms with Gasteiger partial charge in [-0.2, -0.15) is 4.98 Å². The first kappa shape index (κ1) is 13.9. The third-order valence-electron chi connectivity index (χ3n) is 2.51. The van der Waals surface area contributed by atoms with Gasteiger partial charge in [0.2, 0.25) is 5.89 Å². The largest absolute Gasteiger partial charge is 0.482 e. The van der Waals surface area contributed by atoms with Gasteiger partial charge >= 0.3 is 0 Å². The topological polar surface area (TPSA) is 103 Å². The standard InChI is InChI=1S/C13H16N4O3/c1-9-16-13(20-17-9)6-7-15-12(18)8-19-11-5-3-2-4-10(11)14/h2-5H,6-8,14H2,1H3,(H,15,18). The quantitative estimate of drug-likeness (QED) is 0.753. The maximum absolute atomic E-state index is 11.6. The molecule has 0 fully saturated rings. The second-order valence-corrected chi connectivity index (χ2v) is 4.16. The molecule has 0 saturated carbocycles. The number of carbonyl (C=O) groups excluding carboxylic acids is 1. The lowest BCUT2D eigenvalue weighted by Crippen LogP contribution is -2.30. The van der Waals surface area contributed by atoms with Gasteiger partial charge in [0.15, 0.2) is 12.4 Å². The highest BCUT2D eigenvalue weighted by Gasteiger charge is 2.06. The molecular formula is C13H16N4O3. The molecule has 0 bridgehead atoms. The molecule has 1 heterocycles. The normalized spacial score (nSPS) is 10.2. The molecule has 7 nitrogen and oxygen atoms in total. The van der Waals surface area contributed by atoms with Gasteiger partial charge in [-0.05, 0) is 19.1 Å². The van der Waals surface area contributed by atoms with Crippen LogP contribution in [0.15, 0.2) is 28.8 Å². The fourth-order valence-electron chi connectivity index (χ4n) is 1.56. The molecule has 3 N–H and O–H groups in total. The summed E-state index contributed by atoms with van der Waals surface area (Å²) in [6.45, 7) is 2.06. The third-order valence-corrected chi connectivity index (χ3v) is 2.51. The van der Waals surface area contributed by atoms with Gasteiger partial charge < -0.3 is 20.3 Å². The Labute approximate surface area is 116 Å². The summed E-state index contributed by atoms with van der Waals surface area (Å²) < 4.78 is 10.2. The van der Waals surface area contributed by atoms with Crippen LogP contribution in [0, 0.1) is 6.92 Å². The molecule has 0 radical (unpaired) electrons. The van der Waals surface area contributed by atoms with Crippen LogP contribution in [0.5, 0.6) is 5.75 Å². The molecule has 1 aromatic carbocycles. The van der Waals surface area contributed by atoms with E-state index in [0.29, 0.717) is 36.1 Å². The van der Waals surface area contributed by atoms with E-state index in [4.69, 9.17) is 15.0 Å². The number of nitrogens with one attached hydrogen (secondary N) is 1. The molecule has 1 amide bonds. The zero-order valence-electron chi connectivity index (χ0n) is 11.1. The minimum absolute atomic E-state index is 0.0862. The van der Waals surface area contributed by atoms with Gasteiger partial charge in [-0.25, -0.2) is 0 Å². The second kappa shape index (κ2) is 6.55. The van der Waals surface area contributed by atoms with Crippen LogP contribution in [0.1, 0.15) is 11.7 Å². The molecule has 1 aromatic heterocycles. The number of nitrogens with two attached hydrogens (primary N) is 1. The van der Waals surface area contributed by atoms with Crippen molar-refractivity contribution in [1.82, 2.24) is 15.5 Å². The van der Waals surface area contributed by atoms with Crippen LogP contribution >= 0.6 is 0 Å². The Kier molecular flexibility index (Phi) is 4.54. The van der Waals surface area contributed by atoms with E-state index in [1.807, 2.05) is 0 Å². The maximum Gasteiger partial charge on any atom is 0.257 e. The van der Waals surface area contributed by atoms with Crippen molar-refractivity contribution < 1.29 is 14.1 Å². The molecule has 0 atom stereocenters. The van der Waals surface area contributed by atoms with E-state index in [-0.39, 0.29) is 12.5 Å². The number of aromatic nitrogens is 2. The summed E-state index contributed by atoms with van der Waals surface area (Å²) in [5.74, 6) is 1.34. The Morgan fingerprint density at radius 1 is 1.45 bits per heavy atom. The summed E-state index contributed by atoms with van der Waals surface area (Å²) in [5, 5.41) is 6.36. The van der Waals surface area contributed by atoms with Gasteiger partial charge in [-0.15, -0.1) is 0 Å². The molecular weight excluding hydrogens is 260 g/mol. The van der Waals surface area contributed by atoms with Gasteiger partial charge in [0.1, 0.15) is 5.75 Å². The summed E-state index contributed by atoms with van der Waals surface area (Å²) in [4.78, 5) is 15.6. The highest BCUT2D eigenvalue weighted by atomic mass is 16.5. The third kappa shape index (κ3) is 3.98. The first-order valence-corrected chi connectivity index (χ1v) is 6.18. The van der Waals surface area contributed by atoms with Crippen LogP contribution < -0.4 is 15.8 Å². The minimum Gasteiger partial charge on any atom is -0.482 e. The zero-order chi connectivity index (χ0) is 14.4. The lowest BCUT2D eigenvalue weighted by Gasteiger charge is -2.08. The molecule has 2 rings (SSSR count). The Bertz CT molecular complexity index is 583. The Morgan fingerprint density at radius 2 is 2.25 bits per heavy atom. The SMILES string of the molecule is Cc1noc(CCNC(=O)COc2ccccc2N)n1. The lowest BCUT2D eigenvalue weighted by molar-refractivity contribution is -0.123. The van der Waals surface area contributed by atoms with Gasteiger partial charge in [0.25, 0.3) is 5.91 Å². The van der Waals surface area contributed by atoms with Gasteiger partial charge in [-0.3, -0.25) is 4.79 Å². The van der Waals surface area contributed by atoms with E-state index in [0.717, 1.165) is 0 Å². The van der Waals surface area contributed by atoms with Crippen molar-refractivity contribution in [2.75, 3.05) is 18.9 Å². The highest BCUT2D eigenvalue weighted by molar-refractivity contribution is 5.77. The molecule has 0 unspecified atom stereocenters. The molecule has 2 aromatic rings. The molecule has 0 aliphatic carbocycles. The lowest BCUT2D eigenvalue weighted by atomic mass is 10.3.